The van der Waals surface area contributed by atoms with Crippen molar-refractivity contribution in [3.63, 3.8) is 0 Å². The van der Waals surface area contributed by atoms with E-state index in [4.69, 9.17) is 0 Å². The zero-order chi connectivity index (χ0) is 18.3. The van der Waals surface area contributed by atoms with Crippen LogP contribution in [-0.2, 0) is 6.42 Å². The van der Waals surface area contributed by atoms with Gasteiger partial charge in [0.2, 0.25) is 0 Å². The second-order valence-corrected chi connectivity index (χ2v) is 7.23. The molecule has 1 amide bonds. The lowest BCUT2D eigenvalue weighted by molar-refractivity contribution is 0.0765. The number of benzene rings is 1. The number of nitrogens with one attached hydrogen (secondary N) is 1. The fourth-order valence-corrected chi connectivity index (χ4v) is 3.82. The number of pyridine rings is 1. The van der Waals surface area contributed by atoms with Gasteiger partial charge in [-0.1, -0.05) is 0 Å². The van der Waals surface area contributed by atoms with Crippen molar-refractivity contribution in [1.29, 1.82) is 0 Å². The smallest absolute Gasteiger partial charge is 0.253 e. The molecule has 0 bridgehead atoms. The van der Waals surface area contributed by atoms with E-state index in [1.54, 1.807) is 17.3 Å². The second-order valence-electron chi connectivity index (χ2n) is 7.23. The van der Waals surface area contributed by atoms with Gasteiger partial charge >= 0.3 is 0 Å². The van der Waals surface area contributed by atoms with Crippen LogP contribution in [0, 0.1) is 19.8 Å². The van der Waals surface area contributed by atoms with E-state index in [1.807, 2.05) is 37.3 Å². The van der Waals surface area contributed by atoms with E-state index in [0.717, 1.165) is 28.6 Å². The number of rotatable bonds is 3. The molecule has 5 nitrogen and oxygen atoms in total. The van der Waals surface area contributed by atoms with Crippen molar-refractivity contribution in [2.24, 2.45) is 5.92 Å². The Morgan fingerprint density at radius 3 is 2.77 bits per heavy atom. The molecule has 0 spiro atoms. The molecule has 4 rings (SSSR count). The Kier molecular flexibility index (Phi) is 4.24. The van der Waals surface area contributed by atoms with E-state index in [2.05, 4.69) is 16.9 Å². The lowest BCUT2D eigenvalue weighted by Gasteiger charge is -2.16. The number of carbonyl (C=O) groups excluding carboxylic acids is 1. The zero-order valence-electron chi connectivity index (χ0n) is 15.1. The predicted molar refractivity (Wildman–Crippen MR) is 101 cm³/mol. The molecular weight excluding hydrogens is 326 g/mol. The number of aliphatic hydroxyl groups excluding tert-OH is 1. The maximum absolute atomic E-state index is 12.9. The van der Waals surface area contributed by atoms with Crippen molar-refractivity contribution in [2.45, 2.75) is 26.4 Å². The molecule has 134 valence electrons. The van der Waals surface area contributed by atoms with Gasteiger partial charge in [0.1, 0.15) is 0 Å². The summed E-state index contributed by atoms with van der Waals surface area (Å²) in [6.07, 6.45) is 3.78. The summed E-state index contributed by atoms with van der Waals surface area (Å²) in [5, 5.41) is 11.5. The molecule has 5 heteroatoms. The normalized spacial score (nSPS) is 20.0. The Hall–Kier alpha value is -2.66. The third-order valence-electron chi connectivity index (χ3n) is 5.50. The average molecular weight is 349 g/mol. The van der Waals surface area contributed by atoms with E-state index in [1.165, 1.54) is 5.56 Å². The van der Waals surface area contributed by atoms with Crippen LogP contribution >= 0.6 is 0 Å². The number of fused-ring (bicyclic) bond motifs is 1. The minimum Gasteiger partial charge on any atom is -0.391 e. The topological polar surface area (TPSA) is 69.2 Å². The van der Waals surface area contributed by atoms with Gasteiger partial charge in [-0.05, 0) is 61.7 Å². The molecule has 2 atom stereocenters. The number of aromatic amines is 1. The lowest BCUT2D eigenvalue weighted by Crippen LogP contribution is -2.29. The first-order valence-electron chi connectivity index (χ1n) is 8.98. The molecule has 0 radical (unpaired) electrons. The van der Waals surface area contributed by atoms with Crippen LogP contribution in [0.25, 0.3) is 10.9 Å². The highest BCUT2D eigenvalue weighted by Gasteiger charge is 2.34. The first-order valence-corrected chi connectivity index (χ1v) is 8.98. The van der Waals surface area contributed by atoms with Gasteiger partial charge in [-0.25, -0.2) is 0 Å². The number of likely N-dealkylation sites (tertiary alicyclic amines) is 1. The SMILES string of the molecule is Cc1[nH]c2ccc(C(=O)N3C[C@@H](Cc4ccncc4)[C@@H](O)C3)cc2c1C. The number of amides is 1. The van der Waals surface area contributed by atoms with Crippen LogP contribution in [0.5, 0.6) is 0 Å². The summed E-state index contributed by atoms with van der Waals surface area (Å²) in [5.74, 6) is 0.0442. The van der Waals surface area contributed by atoms with E-state index >= 15 is 0 Å². The van der Waals surface area contributed by atoms with Crippen molar-refractivity contribution < 1.29 is 9.90 Å². The quantitative estimate of drug-likeness (QED) is 0.764. The van der Waals surface area contributed by atoms with E-state index in [9.17, 15) is 9.90 Å². The zero-order valence-corrected chi connectivity index (χ0v) is 15.1. The lowest BCUT2D eigenvalue weighted by atomic mass is 9.97. The molecule has 0 aliphatic carbocycles. The van der Waals surface area contributed by atoms with Gasteiger partial charge in [0.25, 0.3) is 5.91 Å². The number of carbonyl (C=O) groups is 1. The maximum Gasteiger partial charge on any atom is 0.253 e. The van der Waals surface area contributed by atoms with Gasteiger partial charge < -0.3 is 15.0 Å². The molecule has 2 aromatic heterocycles. The molecule has 2 N–H and O–H groups in total. The van der Waals surface area contributed by atoms with Gasteiger partial charge in [0.05, 0.1) is 6.10 Å². The van der Waals surface area contributed by atoms with Crippen LogP contribution in [0.2, 0.25) is 0 Å². The highest BCUT2D eigenvalue weighted by atomic mass is 16.3. The molecule has 0 saturated carbocycles. The summed E-state index contributed by atoms with van der Waals surface area (Å²) in [5.41, 5.74) is 5.16. The molecular formula is C21H23N3O2. The van der Waals surface area contributed by atoms with Gasteiger partial charge in [0.15, 0.2) is 0 Å². The first kappa shape index (κ1) is 16.8. The summed E-state index contributed by atoms with van der Waals surface area (Å²) in [6.45, 7) is 5.06. The third-order valence-corrected chi connectivity index (χ3v) is 5.50. The van der Waals surface area contributed by atoms with E-state index in [-0.39, 0.29) is 11.8 Å². The van der Waals surface area contributed by atoms with Crippen LogP contribution in [0.3, 0.4) is 0 Å². The van der Waals surface area contributed by atoms with Gasteiger partial charge in [-0.15, -0.1) is 0 Å². The molecule has 1 aromatic carbocycles. The number of aryl methyl sites for hydroxylation is 2. The Morgan fingerprint density at radius 2 is 2.00 bits per heavy atom. The van der Waals surface area contributed by atoms with Crippen molar-refractivity contribution in [2.75, 3.05) is 13.1 Å². The number of hydrogen-bond donors (Lipinski definition) is 2. The number of β-amino-alcohol motifs (C(OH)–C–C–N with tert-alkyl or cyclic N) is 1. The summed E-state index contributed by atoms with van der Waals surface area (Å²) >= 11 is 0. The highest BCUT2D eigenvalue weighted by molar-refractivity contribution is 5.99. The Bertz CT molecular complexity index is 949. The van der Waals surface area contributed by atoms with Crippen molar-refractivity contribution in [3.8, 4) is 0 Å². The Labute approximate surface area is 152 Å². The minimum absolute atomic E-state index is 0.0126. The summed E-state index contributed by atoms with van der Waals surface area (Å²) < 4.78 is 0. The molecule has 1 aliphatic heterocycles. The number of aliphatic hydroxyl groups is 1. The van der Waals surface area contributed by atoms with Gasteiger partial charge in [-0.3, -0.25) is 9.78 Å². The predicted octanol–water partition coefficient (Wildman–Crippen LogP) is 2.86. The van der Waals surface area contributed by atoms with Crippen LogP contribution in [0.1, 0.15) is 27.2 Å². The maximum atomic E-state index is 12.9. The standard InChI is InChI=1S/C21H23N3O2/c1-13-14(2)23-19-4-3-16(10-18(13)19)21(26)24-11-17(20(25)12-24)9-15-5-7-22-8-6-15/h3-8,10,17,20,23,25H,9,11-12H2,1-2H3/t17-,20+/m1/s1. The summed E-state index contributed by atoms with van der Waals surface area (Å²) in [4.78, 5) is 22.1. The Balaban J connectivity index is 1.52. The van der Waals surface area contributed by atoms with Crippen LogP contribution in [-0.4, -0.2) is 45.1 Å². The first-order chi connectivity index (χ1) is 12.5. The Morgan fingerprint density at radius 1 is 1.23 bits per heavy atom. The van der Waals surface area contributed by atoms with Crippen LogP contribution in [0.15, 0.2) is 42.7 Å². The molecule has 3 heterocycles. The van der Waals surface area contributed by atoms with Crippen LogP contribution in [0.4, 0.5) is 0 Å². The largest absolute Gasteiger partial charge is 0.391 e. The number of nitrogens with zero attached hydrogens (tertiary/aromatic N) is 2. The number of hydrogen-bond acceptors (Lipinski definition) is 3. The average Bonchev–Trinajstić information content (AvgIpc) is 3.15. The molecule has 3 aromatic rings. The highest BCUT2D eigenvalue weighted by Crippen LogP contribution is 2.26. The fraction of sp³-hybridized carbons (Fsp3) is 0.333. The number of aromatic nitrogens is 2. The molecule has 0 unspecified atom stereocenters. The monoisotopic (exact) mass is 349 g/mol. The number of H-pyrrole nitrogens is 1. The fourth-order valence-electron chi connectivity index (χ4n) is 3.82. The van der Waals surface area contributed by atoms with E-state index in [0.29, 0.717) is 18.7 Å². The minimum atomic E-state index is -0.493. The summed E-state index contributed by atoms with van der Waals surface area (Å²) in [6, 6.07) is 9.70. The molecule has 1 aliphatic rings. The third kappa shape index (κ3) is 2.99. The van der Waals surface area contributed by atoms with Crippen molar-refractivity contribution in [3.05, 3.63) is 65.1 Å². The molecule has 1 saturated heterocycles. The molecule has 26 heavy (non-hydrogen) atoms. The van der Waals surface area contributed by atoms with Gasteiger partial charge in [-0.2, -0.15) is 0 Å². The second kappa shape index (κ2) is 6.57. The summed E-state index contributed by atoms with van der Waals surface area (Å²) in [7, 11) is 0. The van der Waals surface area contributed by atoms with E-state index < -0.39 is 6.10 Å². The molecule has 1 fully saturated rings. The van der Waals surface area contributed by atoms with Crippen LogP contribution < -0.4 is 0 Å². The van der Waals surface area contributed by atoms with Gasteiger partial charge in [0, 0.05) is 53.6 Å². The van der Waals surface area contributed by atoms with Crippen molar-refractivity contribution in [1.82, 2.24) is 14.9 Å². The van der Waals surface area contributed by atoms with Crippen molar-refractivity contribution >= 4 is 16.8 Å².